The van der Waals surface area contributed by atoms with Crippen molar-refractivity contribution in [1.82, 2.24) is 19.9 Å². The van der Waals surface area contributed by atoms with Crippen molar-refractivity contribution in [3.63, 3.8) is 0 Å². The van der Waals surface area contributed by atoms with Crippen LogP contribution in [-0.2, 0) is 6.67 Å². The maximum atomic E-state index is 4.45. The molecule has 3 rings (SSSR count). The summed E-state index contributed by atoms with van der Waals surface area (Å²) >= 11 is 0. The van der Waals surface area contributed by atoms with E-state index in [1.54, 1.807) is 0 Å². The summed E-state index contributed by atoms with van der Waals surface area (Å²) in [5.41, 5.74) is 1.96. The summed E-state index contributed by atoms with van der Waals surface area (Å²) in [7, 11) is 0. The van der Waals surface area contributed by atoms with E-state index in [0.29, 0.717) is 6.67 Å². The van der Waals surface area contributed by atoms with Gasteiger partial charge < -0.3 is 4.90 Å². The Morgan fingerprint density at radius 1 is 1.17 bits per heavy atom. The normalized spacial score (nSPS) is 16.8. The van der Waals surface area contributed by atoms with Gasteiger partial charge in [-0.2, -0.15) is 0 Å². The van der Waals surface area contributed by atoms with Crippen LogP contribution in [0.3, 0.4) is 0 Å². The van der Waals surface area contributed by atoms with Gasteiger partial charge in [0.15, 0.2) is 0 Å². The smallest absolute Gasteiger partial charge is 0.135 e. The predicted molar refractivity (Wildman–Crippen MR) is 71.4 cm³/mol. The van der Waals surface area contributed by atoms with Gasteiger partial charge in [0.2, 0.25) is 0 Å². The maximum Gasteiger partial charge on any atom is 0.135 e. The van der Waals surface area contributed by atoms with Crippen LogP contribution in [0.2, 0.25) is 0 Å². The summed E-state index contributed by atoms with van der Waals surface area (Å²) in [6, 6.07) is 7.95. The molecule has 2 aromatic rings. The van der Waals surface area contributed by atoms with Gasteiger partial charge in [-0.15, -0.1) is 5.10 Å². The molecule has 1 saturated heterocycles. The van der Waals surface area contributed by atoms with Gasteiger partial charge in [-0.1, -0.05) is 17.3 Å². The van der Waals surface area contributed by atoms with Crippen LogP contribution in [0.25, 0.3) is 11.0 Å². The maximum absolute atomic E-state index is 4.45. The fraction of sp³-hybridized carbons (Fsp3) is 0.462. The third kappa shape index (κ3) is 2.34. The highest BCUT2D eigenvalue weighted by molar-refractivity contribution is 5.73. The standard InChI is InChI=1S/C13H17N5/c1-4-8-17(9-5-1)10-14-11-18-13-7-3-2-6-12(13)15-16-18/h2-3,6-7,10H,1,4-5,8-9,11H2. The third-order valence-corrected chi connectivity index (χ3v) is 3.27. The minimum Gasteiger partial charge on any atom is -0.363 e. The van der Waals surface area contributed by atoms with E-state index in [-0.39, 0.29) is 0 Å². The molecule has 1 aromatic carbocycles. The fourth-order valence-electron chi connectivity index (χ4n) is 2.28. The molecule has 0 bridgehead atoms. The first-order valence-electron chi connectivity index (χ1n) is 6.46. The Kier molecular flexibility index (Phi) is 3.21. The molecule has 5 heteroatoms. The average molecular weight is 243 g/mol. The van der Waals surface area contributed by atoms with Gasteiger partial charge in [0.25, 0.3) is 0 Å². The molecule has 0 amide bonds. The second-order valence-corrected chi connectivity index (χ2v) is 4.61. The Labute approximate surface area is 106 Å². The van der Waals surface area contributed by atoms with Crippen LogP contribution in [-0.4, -0.2) is 39.3 Å². The Hall–Kier alpha value is -1.91. The molecule has 1 fully saturated rings. The Balaban J connectivity index is 1.67. The Bertz CT molecular complexity index is 539. The van der Waals surface area contributed by atoms with Crippen LogP contribution in [0, 0.1) is 0 Å². The van der Waals surface area contributed by atoms with E-state index in [2.05, 4.69) is 20.2 Å². The van der Waals surface area contributed by atoms with Gasteiger partial charge in [0, 0.05) is 13.1 Å². The number of likely N-dealkylation sites (tertiary alicyclic amines) is 1. The number of rotatable bonds is 3. The number of aliphatic imine (C=N–C) groups is 1. The van der Waals surface area contributed by atoms with Crippen LogP contribution >= 0.6 is 0 Å². The first-order valence-corrected chi connectivity index (χ1v) is 6.46. The van der Waals surface area contributed by atoms with Crippen LogP contribution in [0.4, 0.5) is 0 Å². The second-order valence-electron chi connectivity index (χ2n) is 4.61. The molecule has 0 radical (unpaired) electrons. The molecular weight excluding hydrogens is 226 g/mol. The van der Waals surface area contributed by atoms with Crippen LogP contribution in [0.1, 0.15) is 19.3 Å². The number of nitrogens with zero attached hydrogens (tertiary/aromatic N) is 5. The summed E-state index contributed by atoms with van der Waals surface area (Å²) in [4.78, 5) is 6.73. The molecule has 1 aliphatic heterocycles. The van der Waals surface area contributed by atoms with E-state index >= 15 is 0 Å². The van der Waals surface area contributed by atoms with E-state index in [9.17, 15) is 0 Å². The molecular formula is C13H17N5. The first kappa shape index (κ1) is 11.2. The quantitative estimate of drug-likeness (QED) is 0.611. The summed E-state index contributed by atoms with van der Waals surface area (Å²) in [6.45, 7) is 2.79. The van der Waals surface area contributed by atoms with Gasteiger partial charge >= 0.3 is 0 Å². The van der Waals surface area contributed by atoms with Crippen molar-refractivity contribution >= 4 is 17.4 Å². The molecule has 1 aliphatic rings. The van der Waals surface area contributed by atoms with E-state index in [1.807, 2.05) is 35.3 Å². The van der Waals surface area contributed by atoms with Crippen molar-refractivity contribution in [3.8, 4) is 0 Å². The molecule has 0 unspecified atom stereocenters. The lowest BCUT2D eigenvalue weighted by atomic mass is 10.1. The highest BCUT2D eigenvalue weighted by Gasteiger charge is 2.06. The van der Waals surface area contributed by atoms with Crippen molar-refractivity contribution in [2.45, 2.75) is 25.9 Å². The fourth-order valence-corrected chi connectivity index (χ4v) is 2.28. The van der Waals surface area contributed by atoms with Gasteiger partial charge in [-0.25, -0.2) is 4.68 Å². The van der Waals surface area contributed by atoms with Crippen molar-refractivity contribution in [2.24, 2.45) is 4.99 Å². The molecule has 1 aromatic heterocycles. The van der Waals surface area contributed by atoms with Crippen LogP contribution < -0.4 is 0 Å². The minimum atomic E-state index is 0.539. The Morgan fingerprint density at radius 2 is 2.00 bits per heavy atom. The lowest BCUT2D eigenvalue weighted by molar-refractivity contribution is 0.349. The lowest BCUT2D eigenvalue weighted by Gasteiger charge is -2.23. The van der Waals surface area contributed by atoms with E-state index < -0.39 is 0 Å². The van der Waals surface area contributed by atoms with Crippen molar-refractivity contribution in [2.75, 3.05) is 13.1 Å². The molecule has 0 N–H and O–H groups in total. The largest absolute Gasteiger partial charge is 0.363 e. The van der Waals surface area contributed by atoms with Crippen LogP contribution in [0.15, 0.2) is 29.3 Å². The number of hydrogen-bond acceptors (Lipinski definition) is 3. The zero-order valence-corrected chi connectivity index (χ0v) is 10.4. The topological polar surface area (TPSA) is 46.3 Å². The number of aromatic nitrogens is 3. The van der Waals surface area contributed by atoms with Gasteiger partial charge in [0.1, 0.15) is 12.2 Å². The van der Waals surface area contributed by atoms with Gasteiger partial charge in [-0.05, 0) is 31.4 Å². The molecule has 2 heterocycles. The Morgan fingerprint density at radius 3 is 2.89 bits per heavy atom. The number of piperidine rings is 1. The van der Waals surface area contributed by atoms with E-state index in [1.165, 1.54) is 19.3 Å². The first-order chi connectivity index (χ1) is 8.93. The molecule has 94 valence electrons. The van der Waals surface area contributed by atoms with E-state index in [4.69, 9.17) is 0 Å². The van der Waals surface area contributed by atoms with Crippen molar-refractivity contribution in [3.05, 3.63) is 24.3 Å². The third-order valence-electron chi connectivity index (χ3n) is 3.27. The average Bonchev–Trinajstić information content (AvgIpc) is 2.84. The summed E-state index contributed by atoms with van der Waals surface area (Å²) in [6.07, 6.45) is 5.85. The van der Waals surface area contributed by atoms with Crippen LogP contribution in [0.5, 0.6) is 0 Å². The molecule has 0 aliphatic carbocycles. The molecule has 18 heavy (non-hydrogen) atoms. The van der Waals surface area contributed by atoms with Crippen molar-refractivity contribution < 1.29 is 0 Å². The summed E-state index contributed by atoms with van der Waals surface area (Å²) in [5.74, 6) is 0. The highest BCUT2D eigenvalue weighted by atomic mass is 15.4. The number of para-hydroxylation sites is 1. The second kappa shape index (κ2) is 5.16. The molecule has 5 nitrogen and oxygen atoms in total. The predicted octanol–water partition coefficient (Wildman–Crippen LogP) is 1.90. The molecule has 0 atom stereocenters. The van der Waals surface area contributed by atoms with E-state index in [0.717, 1.165) is 24.1 Å². The highest BCUT2D eigenvalue weighted by Crippen LogP contribution is 2.10. The number of fused-ring (bicyclic) bond motifs is 1. The van der Waals surface area contributed by atoms with Gasteiger partial charge in [-0.3, -0.25) is 4.99 Å². The zero-order chi connectivity index (χ0) is 12.2. The minimum absolute atomic E-state index is 0.539. The monoisotopic (exact) mass is 243 g/mol. The number of hydrogen-bond donors (Lipinski definition) is 0. The molecule has 0 spiro atoms. The zero-order valence-electron chi connectivity index (χ0n) is 10.4. The van der Waals surface area contributed by atoms with Gasteiger partial charge in [0.05, 0.1) is 11.9 Å². The summed E-state index contributed by atoms with van der Waals surface area (Å²) in [5, 5.41) is 8.22. The number of benzene rings is 1. The SMILES string of the molecule is C(=NCn1nnc2ccccc21)N1CCCCC1. The molecule has 0 saturated carbocycles. The summed E-state index contributed by atoms with van der Waals surface area (Å²) < 4.78 is 1.83. The van der Waals surface area contributed by atoms with Crippen molar-refractivity contribution in [1.29, 1.82) is 0 Å². The lowest BCUT2D eigenvalue weighted by Crippen LogP contribution is -2.28.